The lowest BCUT2D eigenvalue weighted by atomic mass is 9.99. The molecule has 1 aromatic rings. The third kappa shape index (κ3) is 5.74. The van der Waals surface area contributed by atoms with Crippen LogP contribution in [0.5, 0.6) is 0 Å². The minimum absolute atomic E-state index is 0.135. The molecule has 3 rings (SSSR count). The lowest BCUT2D eigenvalue weighted by Gasteiger charge is -2.35. The van der Waals surface area contributed by atoms with Crippen LogP contribution in [-0.2, 0) is 14.3 Å². The Balaban J connectivity index is 1.56. The summed E-state index contributed by atoms with van der Waals surface area (Å²) < 4.78 is 5.21. The Morgan fingerprint density at radius 3 is 2.68 bits per heavy atom. The van der Waals surface area contributed by atoms with Crippen molar-refractivity contribution >= 4 is 52.2 Å². The molecule has 31 heavy (non-hydrogen) atoms. The number of carbonyl (C=O) groups excluding carboxylic acids is 3. The van der Waals surface area contributed by atoms with Gasteiger partial charge in [0, 0.05) is 25.6 Å². The number of hydrogen-bond acceptors (Lipinski definition) is 6. The van der Waals surface area contributed by atoms with E-state index in [1.807, 2.05) is 4.90 Å². The smallest absolute Gasteiger partial charge is 0.337 e. The van der Waals surface area contributed by atoms with Crippen LogP contribution in [0.25, 0.3) is 6.08 Å². The number of thioether (sulfide) groups is 1. The van der Waals surface area contributed by atoms with Crippen LogP contribution in [0.15, 0.2) is 29.2 Å². The zero-order valence-electron chi connectivity index (χ0n) is 18.0. The Bertz CT molecular complexity index is 882. The van der Waals surface area contributed by atoms with Crippen molar-refractivity contribution in [3.05, 3.63) is 40.3 Å². The summed E-state index contributed by atoms with van der Waals surface area (Å²) in [5.74, 6) is -0.357. The molecule has 1 aromatic carbocycles. The van der Waals surface area contributed by atoms with E-state index in [1.54, 1.807) is 35.2 Å². The highest BCUT2D eigenvalue weighted by molar-refractivity contribution is 8.26. The zero-order chi connectivity index (χ0) is 22.4. The molecule has 0 N–H and O–H groups in total. The van der Waals surface area contributed by atoms with E-state index in [1.165, 1.54) is 25.3 Å². The van der Waals surface area contributed by atoms with Crippen molar-refractivity contribution in [2.24, 2.45) is 0 Å². The molecule has 0 radical (unpaired) electrons. The molecule has 2 aliphatic heterocycles. The number of benzene rings is 1. The van der Waals surface area contributed by atoms with Gasteiger partial charge in [0.1, 0.15) is 4.32 Å². The molecule has 8 heteroatoms. The van der Waals surface area contributed by atoms with Crippen molar-refractivity contribution in [2.75, 3.05) is 20.2 Å². The maximum Gasteiger partial charge on any atom is 0.337 e. The molecular weight excluding hydrogens is 432 g/mol. The number of piperidine rings is 1. The fourth-order valence-electron chi connectivity index (χ4n) is 3.96. The van der Waals surface area contributed by atoms with Gasteiger partial charge in [-0.15, -0.1) is 0 Å². The second-order valence-corrected chi connectivity index (χ2v) is 9.37. The number of likely N-dealkylation sites (tertiary alicyclic amines) is 1. The second-order valence-electron chi connectivity index (χ2n) is 7.70. The predicted octanol–water partition coefficient (Wildman–Crippen LogP) is 4.25. The standard InChI is InChI=1S/C23H28N2O4S2/c1-3-18-7-4-5-13-24(18)20(26)8-6-14-25-21(27)19(31-23(25)30)15-16-9-11-17(12-10-16)22(28)29-2/h9-12,15,18H,3-8,13-14H2,1-2H3/b19-15-. The fourth-order valence-corrected chi connectivity index (χ4v) is 5.27. The molecule has 166 valence electrons. The maximum atomic E-state index is 12.8. The summed E-state index contributed by atoms with van der Waals surface area (Å²) >= 11 is 6.66. The molecule has 2 aliphatic rings. The highest BCUT2D eigenvalue weighted by Crippen LogP contribution is 2.33. The first-order chi connectivity index (χ1) is 14.9. The van der Waals surface area contributed by atoms with Crippen molar-refractivity contribution < 1.29 is 19.1 Å². The lowest BCUT2D eigenvalue weighted by Crippen LogP contribution is -2.43. The summed E-state index contributed by atoms with van der Waals surface area (Å²) in [5, 5.41) is 0. The first-order valence-electron chi connectivity index (χ1n) is 10.7. The lowest BCUT2D eigenvalue weighted by molar-refractivity contribution is -0.135. The third-order valence-electron chi connectivity index (χ3n) is 5.69. The average molecular weight is 461 g/mol. The van der Waals surface area contributed by atoms with Gasteiger partial charge in [-0.2, -0.15) is 0 Å². The molecule has 2 saturated heterocycles. The van der Waals surface area contributed by atoms with Gasteiger partial charge >= 0.3 is 5.97 Å². The Labute approximate surface area is 193 Å². The quantitative estimate of drug-likeness (QED) is 0.344. The summed E-state index contributed by atoms with van der Waals surface area (Å²) in [4.78, 5) is 41.1. The van der Waals surface area contributed by atoms with E-state index in [9.17, 15) is 14.4 Å². The molecular formula is C23H28N2O4S2. The van der Waals surface area contributed by atoms with Crippen LogP contribution in [0.2, 0.25) is 0 Å². The minimum Gasteiger partial charge on any atom is -0.465 e. The molecule has 2 fully saturated rings. The molecule has 1 atom stereocenters. The summed E-state index contributed by atoms with van der Waals surface area (Å²) in [6.45, 7) is 3.42. The van der Waals surface area contributed by atoms with E-state index in [2.05, 4.69) is 6.92 Å². The molecule has 0 aliphatic carbocycles. The fraction of sp³-hybridized carbons (Fsp3) is 0.478. The predicted molar refractivity (Wildman–Crippen MR) is 127 cm³/mol. The van der Waals surface area contributed by atoms with E-state index >= 15 is 0 Å². The maximum absolute atomic E-state index is 12.8. The second kappa shape index (κ2) is 10.9. The van der Waals surface area contributed by atoms with Crippen LogP contribution in [0.4, 0.5) is 0 Å². The van der Waals surface area contributed by atoms with Crippen LogP contribution < -0.4 is 0 Å². The molecule has 0 spiro atoms. The number of thiocarbonyl (C=S) groups is 1. The average Bonchev–Trinajstić information content (AvgIpc) is 3.06. The van der Waals surface area contributed by atoms with Crippen molar-refractivity contribution in [3.8, 4) is 0 Å². The normalized spacial score (nSPS) is 20.5. The molecule has 1 unspecified atom stereocenters. The van der Waals surface area contributed by atoms with Crippen LogP contribution in [0.1, 0.15) is 61.4 Å². The van der Waals surface area contributed by atoms with Crippen LogP contribution in [-0.4, -0.2) is 58.1 Å². The Kier molecular flexibility index (Phi) is 8.26. The van der Waals surface area contributed by atoms with Crippen molar-refractivity contribution in [1.29, 1.82) is 0 Å². The van der Waals surface area contributed by atoms with Gasteiger partial charge in [-0.05, 0) is 55.9 Å². The number of esters is 1. The Morgan fingerprint density at radius 2 is 2.00 bits per heavy atom. The van der Waals surface area contributed by atoms with Crippen molar-refractivity contribution in [3.63, 3.8) is 0 Å². The SMILES string of the molecule is CCC1CCCCN1C(=O)CCCN1C(=O)/C(=C/c2ccc(C(=O)OC)cc2)SC1=S. The Hall–Kier alpha value is -2.19. The van der Waals surface area contributed by atoms with Gasteiger partial charge in [0.2, 0.25) is 5.91 Å². The Morgan fingerprint density at radius 1 is 1.26 bits per heavy atom. The van der Waals surface area contributed by atoms with Crippen LogP contribution >= 0.6 is 24.0 Å². The molecule has 2 heterocycles. The van der Waals surface area contributed by atoms with E-state index in [0.717, 1.165) is 31.4 Å². The van der Waals surface area contributed by atoms with Crippen molar-refractivity contribution in [1.82, 2.24) is 9.80 Å². The van der Waals surface area contributed by atoms with Gasteiger partial charge in [0.15, 0.2) is 0 Å². The number of hydrogen-bond donors (Lipinski definition) is 0. The van der Waals surface area contributed by atoms with Gasteiger partial charge in [0.25, 0.3) is 5.91 Å². The van der Waals surface area contributed by atoms with Gasteiger partial charge in [-0.3, -0.25) is 14.5 Å². The number of amides is 2. The summed E-state index contributed by atoms with van der Waals surface area (Å²) in [6, 6.07) is 7.20. The van der Waals surface area contributed by atoms with E-state index in [0.29, 0.717) is 40.2 Å². The number of ether oxygens (including phenoxy) is 1. The van der Waals surface area contributed by atoms with Gasteiger partial charge in [0.05, 0.1) is 17.6 Å². The minimum atomic E-state index is -0.401. The zero-order valence-corrected chi connectivity index (χ0v) is 19.6. The first kappa shape index (κ1) is 23.5. The van der Waals surface area contributed by atoms with E-state index in [-0.39, 0.29) is 11.8 Å². The van der Waals surface area contributed by atoms with Crippen LogP contribution in [0.3, 0.4) is 0 Å². The molecule has 0 saturated carbocycles. The number of nitrogens with zero attached hydrogens (tertiary/aromatic N) is 2. The largest absolute Gasteiger partial charge is 0.465 e. The monoisotopic (exact) mass is 460 g/mol. The number of rotatable bonds is 7. The molecule has 0 bridgehead atoms. The first-order valence-corrected chi connectivity index (χ1v) is 11.9. The van der Waals surface area contributed by atoms with Crippen molar-refractivity contribution in [2.45, 2.75) is 51.5 Å². The number of carbonyl (C=O) groups is 3. The van der Waals surface area contributed by atoms with Gasteiger partial charge in [-0.1, -0.05) is 43.0 Å². The molecule has 2 amide bonds. The highest BCUT2D eigenvalue weighted by Gasteiger charge is 2.32. The summed E-state index contributed by atoms with van der Waals surface area (Å²) in [5.41, 5.74) is 1.26. The van der Waals surface area contributed by atoms with Gasteiger partial charge < -0.3 is 9.64 Å². The van der Waals surface area contributed by atoms with E-state index < -0.39 is 5.97 Å². The third-order valence-corrected chi connectivity index (χ3v) is 7.07. The molecule has 0 aromatic heterocycles. The molecule has 6 nitrogen and oxygen atoms in total. The highest BCUT2D eigenvalue weighted by atomic mass is 32.2. The topological polar surface area (TPSA) is 66.9 Å². The summed E-state index contributed by atoms with van der Waals surface area (Å²) in [7, 11) is 1.34. The van der Waals surface area contributed by atoms with E-state index in [4.69, 9.17) is 17.0 Å². The summed E-state index contributed by atoms with van der Waals surface area (Å²) in [6.07, 6.45) is 7.14. The van der Waals surface area contributed by atoms with Gasteiger partial charge in [-0.25, -0.2) is 4.79 Å². The number of methoxy groups -OCH3 is 1. The van der Waals surface area contributed by atoms with Crippen LogP contribution in [0, 0.1) is 0 Å².